The summed E-state index contributed by atoms with van der Waals surface area (Å²) in [6.07, 6.45) is 0. The van der Waals surface area contributed by atoms with Crippen LogP contribution >= 0.6 is 0 Å². The fraction of sp³-hybridized carbons (Fsp3) is 0.438. The van der Waals surface area contributed by atoms with E-state index >= 15 is 0 Å². The Morgan fingerprint density at radius 1 is 1.25 bits per heavy atom. The molecule has 1 N–H and O–H groups in total. The zero-order valence-corrected chi connectivity index (χ0v) is 13.1. The van der Waals surface area contributed by atoms with E-state index in [0.29, 0.717) is 0 Å². The van der Waals surface area contributed by atoms with E-state index < -0.39 is 0 Å². The van der Waals surface area contributed by atoms with Crippen LogP contribution in [0.5, 0.6) is 0 Å². The number of benzene rings is 1. The van der Waals surface area contributed by atoms with Crippen LogP contribution in [-0.4, -0.2) is 28.8 Å². The third kappa shape index (κ3) is 3.39. The van der Waals surface area contributed by atoms with Gasteiger partial charge in [0.2, 0.25) is 0 Å². The lowest BCUT2D eigenvalue weighted by molar-refractivity contribution is 0.402. The lowest BCUT2D eigenvalue weighted by atomic mass is 10.1. The van der Waals surface area contributed by atoms with Crippen molar-refractivity contribution in [2.24, 2.45) is 7.05 Å². The highest BCUT2D eigenvalue weighted by molar-refractivity contribution is 5.46. The molecule has 0 aliphatic heterocycles. The average molecular weight is 272 g/mol. The molecule has 0 saturated heterocycles. The van der Waals surface area contributed by atoms with Gasteiger partial charge >= 0.3 is 0 Å². The predicted octanol–water partition coefficient (Wildman–Crippen LogP) is 2.71. The molecule has 0 bridgehead atoms. The number of aromatic nitrogens is 2. The summed E-state index contributed by atoms with van der Waals surface area (Å²) in [5.74, 6) is 0. The van der Waals surface area contributed by atoms with E-state index in [1.54, 1.807) is 0 Å². The zero-order chi connectivity index (χ0) is 14.7. The summed E-state index contributed by atoms with van der Waals surface area (Å²) in [5, 5.41) is 7.95. The minimum atomic E-state index is 0.816. The Hall–Kier alpha value is -1.81. The van der Waals surface area contributed by atoms with Gasteiger partial charge in [0.25, 0.3) is 0 Å². The highest BCUT2D eigenvalue weighted by atomic mass is 15.3. The molecule has 0 unspecified atom stereocenters. The van der Waals surface area contributed by atoms with Crippen molar-refractivity contribution in [1.82, 2.24) is 14.7 Å². The first-order chi connectivity index (χ1) is 9.47. The molecule has 0 saturated carbocycles. The molecule has 0 aliphatic carbocycles. The van der Waals surface area contributed by atoms with Crippen LogP contribution in [0.15, 0.2) is 24.3 Å². The van der Waals surface area contributed by atoms with Crippen LogP contribution in [0.2, 0.25) is 0 Å². The van der Waals surface area contributed by atoms with Gasteiger partial charge < -0.3 is 10.2 Å². The van der Waals surface area contributed by atoms with Crippen molar-refractivity contribution < 1.29 is 0 Å². The van der Waals surface area contributed by atoms with Crippen LogP contribution in [0.25, 0.3) is 0 Å². The van der Waals surface area contributed by atoms with E-state index in [-0.39, 0.29) is 0 Å². The highest BCUT2D eigenvalue weighted by Gasteiger charge is 2.08. The van der Waals surface area contributed by atoms with E-state index in [4.69, 9.17) is 0 Å². The number of anilines is 1. The molecule has 0 spiro atoms. The van der Waals surface area contributed by atoms with Gasteiger partial charge in [0.1, 0.15) is 0 Å². The van der Waals surface area contributed by atoms with Crippen LogP contribution < -0.4 is 5.32 Å². The zero-order valence-electron chi connectivity index (χ0n) is 13.1. The van der Waals surface area contributed by atoms with Crippen LogP contribution in [0, 0.1) is 13.8 Å². The van der Waals surface area contributed by atoms with Crippen LogP contribution in [0.3, 0.4) is 0 Å². The van der Waals surface area contributed by atoms with Crippen LogP contribution in [0.1, 0.15) is 22.5 Å². The lowest BCUT2D eigenvalue weighted by Crippen LogP contribution is -2.11. The first-order valence-electron chi connectivity index (χ1n) is 6.94. The SMILES string of the molecule is Cc1nn(C)c(C)c1CNc1cccc(CN(C)C)c1. The Kier molecular flexibility index (Phi) is 4.45. The van der Waals surface area contributed by atoms with E-state index in [1.807, 2.05) is 11.7 Å². The minimum Gasteiger partial charge on any atom is -0.381 e. The monoisotopic (exact) mass is 272 g/mol. The Balaban J connectivity index is 2.07. The Bertz CT molecular complexity index is 584. The molecular formula is C16H24N4. The number of aryl methyl sites for hydroxylation is 2. The molecule has 0 fully saturated rings. The molecule has 0 radical (unpaired) electrons. The van der Waals surface area contributed by atoms with Crippen molar-refractivity contribution in [3.05, 3.63) is 46.8 Å². The summed E-state index contributed by atoms with van der Waals surface area (Å²) in [4.78, 5) is 2.18. The van der Waals surface area contributed by atoms with Crippen molar-refractivity contribution in [3.63, 3.8) is 0 Å². The Morgan fingerprint density at radius 2 is 2.00 bits per heavy atom. The van der Waals surface area contributed by atoms with Gasteiger partial charge in [-0.05, 0) is 45.6 Å². The van der Waals surface area contributed by atoms with Gasteiger partial charge in [-0.2, -0.15) is 5.10 Å². The second-order valence-electron chi connectivity index (χ2n) is 5.56. The molecule has 2 aromatic rings. The fourth-order valence-electron chi connectivity index (χ4n) is 2.41. The standard InChI is InChI=1S/C16H24N4/c1-12-16(13(2)20(5)18-12)10-17-15-8-6-7-14(9-15)11-19(3)4/h6-9,17H,10-11H2,1-5H3. The molecule has 1 aromatic heterocycles. The maximum atomic E-state index is 4.45. The molecule has 1 heterocycles. The van der Waals surface area contributed by atoms with Gasteiger partial charge in [-0.3, -0.25) is 4.68 Å². The molecule has 0 atom stereocenters. The highest BCUT2D eigenvalue weighted by Crippen LogP contribution is 2.16. The van der Waals surface area contributed by atoms with Gasteiger partial charge in [-0.25, -0.2) is 0 Å². The normalized spacial score (nSPS) is 11.1. The van der Waals surface area contributed by atoms with E-state index in [2.05, 4.69) is 67.5 Å². The smallest absolute Gasteiger partial charge is 0.0646 e. The van der Waals surface area contributed by atoms with Crippen molar-refractivity contribution >= 4 is 5.69 Å². The lowest BCUT2D eigenvalue weighted by Gasteiger charge is -2.12. The average Bonchev–Trinajstić information content (AvgIpc) is 2.61. The maximum absolute atomic E-state index is 4.45. The molecule has 2 rings (SSSR count). The summed E-state index contributed by atoms with van der Waals surface area (Å²) in [6, 6.07) is 8.58. The summed E-state index contributed by atoms with van der Waals surface area (Å²) in [6.45, 7) is 5.95. The summed E-state index contributed by atoms with van der Waals surface area (Å²) < 4.78 is 1.94. The molecule has 0 aliphatic rings. The van der Waals surface area contributed by atoms with Crippen molar-refractivity contribution in [2.45, 2.75) is 26.9 Å². The second kappa shape index (κ2) is 6.09. The number of nitrogens with one attached hydrogen (secondary N) is 1. The quantitative estimate of drug-likeness (QED) is 0.908. The summed E-state index contributed by atoms with van der Waals surface area (Å²) in [5.41, 5.74) is 6.08. The van der Waals surface area contributed by atoms with E-state index in [1.165, 1.54) is 16.8 Å². The van der Waals surface area contributed by atoms with Gasteiger partial charge in [0.05, 0.1) is 5.69 Å². The van der Waals surface area contributed by atoms with Crippen LogP contribution in [0.4, 0.5) is 5.69 Å². The number of nitrogens with zero attached hydrogens (tertiary/aromatic N) is 3. The van der Waals surface area contributed by atoms with Crippen molar-refractivity contribution in [3.8, 4) is 0 Å². The third-order valence-electron chi connectivity index (χ3n) is 3.55. The molecule has 1 aromatic carbocycles. The number of hydrogen-bond acceptors (Lipinski definition) is 3. The van der Waals surface area contributed by atoms with Gasteiger partial charge in [0, 0.05) is 37.1 Å². The first kappa shape index (κ1) is 14.6. The number of rotatable bonds is 5. The molecule has 4 heteroatoms. The van der Waals surface area contributed by atoms with Gasteiger partial charge in [0.15, 0.2) is 0 Å². The summed E-state index contributed by atoms with van der Waals surface area (Å²) in [7, 11) is 6.16. The minimum absolute atomic E-state index is 0.816. The first-order valence-corrected chi connectivity index (χ1v) is 6.94. The van der Waals surface area contributed by atoms with Crippen molar-refractivity contribution in [1.29, 1.82) is 0 Å². The predicted molar refractivity (Wildman–Crippen MR) is 83.8 cm³/mol. The van der Waals surface area contributed by atoms with Gasteiger partial charge in [-0.15, -0.1) is 0 Å². The van der Waals surface area contributed by atoms with E-state index in [0.717, 1.165) is 24.5 Å². The maximum Gasteiger partial charge on any atom is 0.0646 e. The Labute approximate surface area is 121 Å². The fourth-order valence-corrected chi connectivity index (χ4v) is 2.41. The molecular weight excluding hydrogens is 248 g/mol. The summed E-state index contributed by atoms with van der Waals surface area (Å²) >= 11 is 0. The molecule has 0 amide bonds. The van der Waals surface area contributed by atoms with E-state index in [9.17, 15) is 0 Å². The largest absolute Gasteiger partial charge is 0.381 e. The van der Waals surface area contributed by atoms with Crippen LogP contribution in [-0.2, 0) is 20.1 Å². The second-order valence-corrected chi connectivity index (χ2v) is 5.56. The van der Waals surface area contributed by atoms with Crippen molar-refractivity contribution in [2.75, 3.05) is 19.4 Å². The third-order valence-corrected chi connectivity index (χ3v) is 3.55. The van der Waals surface area contributed by atoms with Gasteiger partial charge in [-0.1, -0.05) is 12.1 Å². The topological polar surface area (TPSA) is 33.1 Å². The Morgan fingerprint density at radius 3 is 2.60 bits per heavy atom. The number of hydrogen-bond donors (Lipinski definition) is 1. The molecule has 4 nitrogen and oxygen atoms in total. The molecule has 108 valence electrons. The molecule has 20 heavy (non-hydrogen) atoms.